The Bertz CT molecular complexity index is 1350. The molecule has 3 aliphatic carbocycles. The number of primary amides is 1. The van der Waals surface area contributed by atoms with E-state index >= 15 is 0 Å². The number of fused-ring (bicyclic) bond motifs is 3. The quantitative estimate of drug-likeness (QED) is 0.250. The number of aromatic hydroxyl groups is 1. The van der Waals surface area contributed by atoms with Crippen molar-refractivity contribution >= 4 is 34.7 Å². The first-order valence-corrected chi connectivity index (χ1v) is 11.4. The molecular weight excluding hydrogens is 470 g/mol. The molecule has 1 amide bonds. The minimum atomic E-state index is -2.76. The standard InChI is InChI=1S/C25H25N3O8/c1-28(2)18-13-7-11-5-10-6-12(9-3-4-36-8-9)17(26)20(30)14(10)19(29)15(11)22(32)25(13,35)23(33)16(21(18)31)24(27)34/h3-4,6,8,11,13,15-16,18,30,35H,5,7,26H2,1-2H3,(H2,27,34)/t11-,13-,15?,16?,18-,25-/m0/s1. The van der Waals surface area contributed by atoms with Gasteiger partial charge in [0.05, 0.1) is 35.7 Å². The summed E-state index contributed by atoms with van der Waals surface area (Å²) in [6, 6.07) is 2.15. The third-order valence-corrected chi connectivity index (χ3v) is 7.92. The van der Waals surface area contributed by atoms with Crippen molar-refractivity contribution < 1.29 is 38.6 Å². The van der Waals surface area contributed by atoms with E-state index in [2.05, 4.69) is 0 Å². The molecule has 0 spiro atoms. The lowest BCUT2D eigenvalue weighted by atomic mass is 9.52. The molecule has 36 heavy (non-hydrogen) atoms. The fraction of sp³-hybridized carbons (Fsp3) is 0.400. The average molecular weight is 495 g/mol. The van der Waals surface area contributed by atoms with Gasteiger partial charge in [0, 0.05) is 17.0 Å². The fourth-order valence-corrected chi connectivity index (χ4v) is 6.33. The third kappa shape index (κ3) is 2.96. The van der Waals surface area contributed by atoms with Gasteiger partial charge < -0.3 is 26.1 Å². The van der Waals surface area contributed by atoms with Crippen LogP contribution in [0.3, 0.4) is 0 Å². The number of rotatable bonds is 3. The number of phenols is 1. The van der Waals surface area contributed by atoms with Crippen molar-refractivity contribution in [1.82, 2.24) is 4.90 Å². The Morgan fingerprint density at radius 3 is 2.47 bits per heavy atom. The monoisotopic (exact) mass is 495 g/mol. The van der Waals surface area contributed by atoms with E-state index in [1.165, 1.54) is 31.5 Å². The molecule has 0 saturated heterocycles. The summed E-state index contributed by atoms with van der Waals surface area (Å²) in [5.74, 6) is -11.0. The average Bonchev–Trinajstić information content (AvgIpc) is 3.33. The highest BCUT2D eigenvalue weighted by atomic mass is 16.3. The molecule has 0 aliphatic heterocycles. The lowest BCUT2D eigenvalue weighted by Crippen LogP contribution is -2.74. The van der Waals surface area contributed by atoms with Gasteiger partial charge in [-0.25, -0.2) is 0 Å². The number of benzene rings is 1. The summed E-state index contributed by atoms with van der Waals surface area (Å²) in [5.41, 5.74) is 9.92. The number of hydrogen-bond donors (Lipinski definition) is 4. The second-order valence-corrected chi connectivity index (χ2v) is 10.0. The smallest absolute Gasteiger partial charge is 0.235 e. The largest absolute Gasteiger partial charge is 0.505 e. The molecule has 3 aliphatic rings. The van der Waals surface area contributed by atoms with Gasteiger partial charge in [-0.15, -0.1) is 0 Å². The van der Waals surface area contributed by atoms with Crippen molar-refractivity contribution in [2.45, 2.75) is 24.5 Å². The number of carbonyl (C=O) groups is 5. The topological polar surface area (TPSA) is 194 Å². The first kappa shape index (κ1) is 23.9. The summed E-state index contributed by atoms with van der Waals surface area (Å²) in [6.07, 6.45) is 3.01. The van der Waals surface area contributed by atoms with Crippen LogP contribution in [0.4, 0.5) is 5.69 Å². The van der Waals surface area contributed by atoms with Crippen LogP contribution >= 0.6 is 0 Å². The second kappa shape index (κ2) is 7.84. The van der Waals surface area contributed by atoms with E-state index in [0.717, 1.165) is 0 Å². The zero-order chi connectivity index (χ0) is 26.3. The number of nitrogen functional groups attached to an aromatic ring is 1. The number of likely N-dealkylation sites (N-methyl/N-ethyl adjacent to an activating group) is 1. The first-order chi connectivity index (χ1) is 16.9. The Labute approximate surface area is 205 Å². The van der Waals surface area contributed by atoms with Crippen LogP contribution in [0, 0.1) is 23.7 Å². The molecule has 1 aromatic heterocycles. The molecule has 11 nitrogen and oxygen atoms in total. The summed E-state index contributed by atoms with van der Waals surface area (Å²) in [5, 5.41) is 22.4. The zero-order valence-electron chi connectivity index (χ0n) is 19.6. The highest BCUT2D eigenvalue weighted by molar-refractivity contribution is 6.32. The van der Waals surface area contributed by atoms with E-state index in [9.17, 15) is 34.2 Å². The van der Waals surface area contributed by atoms with Crippen molar-refractivity contribution in [3.63, 3.8) is 0 Å². The number of nitrogens with zero attached hydrogens (tertiary/aromatic N) is 1. The Kier molecular flexibility index (Phi) is 5.20. The number of furan rings is 1. The zero-order valence-corrected chi connectivity index (χ0v) is 19.6. The normalized spacial score (nSPS) is 31.7. The Morgan fingerprint density at radius 1 is 1.19 bits per heavy atom. The lowest BCUT2D eigenvalue weighted by Gasteiger charge is -2.52. The van der Waals surface area contributed by atoms with Crippen LogP contribution < -0.4 is 11.5 Å². The van der Waals surface area contributed by atoms with Crippen LogP contribution in [0.25, 0.3) is 11.1 Å². The number of aliphatic hydroxyl groups is 1. The summed E-state index contributed by atoms with van der Waals surface area (Å²) < 4.78 is 5.10. The molecule has 11 heteroatoms. The maximum absolute atomic E-state index is 13.7. The van der Waals surface area contributed by atoms with Crippen LogP contribution in [-0.4, -0.2) is 69.9 Å². The van der Waals surface area contributed by atoms with Crippen molar-refractivity contribution in [3.05, 3.63) is 35.8 Å². The Balaban J connectivity index is 1.65. The molecule has 0 bridgehead atoms. The SMILES string of the molecule is CN(C)[C@@H]1C(=O)C(C(N)=O)C(=O)[C@@]2(O)C(=O)C3C(=O)c4c(cc(-c5ccoc5)c(N)c4O)C[C@H]3C[C@@H]12. The highest BCUT2D eigenvalue weighted by Gasteiger charge is 2.69. The van der Waals surface area contributed by atoms with Gasteiger partial charge in [-0.1, -0.05) is 0 Å². The molecule has 6 N–H and O–H groups in total. The number of ketones is 4. The molecule has 2 aromatic rings. The number of nitrogens with two attached hydrogens (primary N) is 2. The van der Waals surface area contributed by atoms with Crippen LogP contribution in [0.2, 0.25) is 0 Å². The summed E-state index contributed by atoms with van der Waals surface area (Å²) >= 11 is 0. The molecule has 1 aromatic carbocycles. The maximum Gasteiger partial charge on any atom is 0.235 e. The van der Waals surface area contributed by atoms with E-state index in [4.69, 9.17) is 15.9 Å². The van der Waals surface area contributed by atoms with Gasteiger partial charge >= 0.3 is 0 Å². The number of phenolic OH excluding ortho intramolecular Hbond substituents is 1. The molecule has 6 atom stereocenters. The fourth-order valence-electron chi connectivity index (χ4n) is 6.33. The molecule has 0 radical (unpaired) electrons. The van der Waals surface area contributed by atoms with Gasteiger partial charge in [0.15, 0.2) is 34.7 Å². The number of hydrogen-bond acceptors (Lipinski definition) is 10. The van der Waals surface area contributed by atoms with Gasteiger partial charge in [-0.2, -0.15) is 0 Å². The number of anilines is 1. The Hall–Kier alpha value is -3.83. The Morgan fingerprint density at radius 2 is 1.89 bits per heavy atom. The van der Waals surface area contributed by atoms with E-state index < -0.39 is 70.1 Å². The minimum Gasteiger partial charge on any atom is -0.505 e. The van der Waals surface area contributed by atoms with Crippen LogP contribution in [-0.2, 0) is 25.6 Å². The molecule has 5 rings (SSSR count). The van der Waals surface area contributed by atoms with Crippen LogP contribution in [0.15, 0.2) is 29.1 Å². The summed E-state index contributed by atoms with van der Waals surface area (Å²) in [6.45, 7) is 0. The second-order valence-electron chi connectivity index (χ2n) is 10.0. The number of carbonyl (C=O) groups excluding carboxylic acids is 5. The molecule has 188 valence electrons. The summed E-state index contributed by atoms with van der Waals surface area (Å²) in [4.78, 5) is 67.1. The molecular formula is C25H25N3O8. The van der Waals surface area contributed by atoms with Crippen molar-refractivity contribution in [2.24, 2.45) is 29.4 Å². The predicted molar refractivity (Wildman–Crippen MR) is 123 cm³/mol. The molecule has 1 heterocycles. The highest BCUT2D eigenvalue weighted by Crippen LogP contribution is 2.52. The van der Waals surface area contributed by atoms with Gasteiger partial charge in [-0.05, 0) is 50.6 Å². The molecule has 2 unspecified atom stereocenters. The van der Waals surface area contributed by atoms with Gasteiger partial charge in [0.25, 0.3) is 0 Å². The van der Waals surface area contributed by atoms with Crippen LogP contribution in [0.5, 0.6) is 5.75 Å². The van der Waals surface area contributed by atoms with Crippen molar-refractivity contribution in [1.29, 1.82) is 0 Å². The minimum absolute atomic E-state index is 0.0178. The van der Waals surface area contributed by atoms with E-state index in [-0.39, 0.29) is 24.1 Å². The molecule has 2 saturated carbocycles. The van der Waals surface area contributed by atoms with E-state index in [0.29, 0.717) is 16.7 Å². The van der Waals surface area contributed by atoms with Crippen LogP contribution in [0.1, 0.15) is 22.3 Å². The summed E-state index contributed by atoms with van der Waals surface area (Å²) in [7, 11) is 3.07. The number of Topliss-reactive ketones (excluding diaryl/α,β-unsaturated/α-hetero) is 4. The van der Waals surface area contributed by atoms with Gasteiger partial charge in [-0.3, -0.25) is 28.9 Å². The first-order valence-electron chi connectivity index (χ1n) is 11.4. The lowest BCUT2D eigenvalue weighted by molar-refractivity contribution is -0.181. The number of amides is 1. The van der Waals surface area contributed by atoms with Gasteiger partial charge in [0.1, 0.15) is 5.75 Å². The van der Waals surface area contributed by atoms with E-state index in [1.807, 2.05) is 0 Å². The maximum atomic E-state index is 13.7. The van der Waals surface area contributed by atoms with Crippen molar-refractivity contribution in [3.8, 4) is 16.9 Å². The predicted octanol–water partition coefficient (Wildman–Crippen LogP) is -0.291. The van der Waals surface area contributed by atoms with Gasteiger partial charge in [0.2, 0.25) is 5.91 Å². The molecule has 2 fully saturated rings. The van der Waals surface area contributed by atoms with Crippen molar-refractivity contribution in [2.75, 3.05) is 19.8 Å². The third-order valence-electron chi connectivity index (χ3n) is 7.92. The van der Waals surface area contributed by atoms with E-state index in [1.54, 1.807) is 12.1 Å².